The van der Waals surface area contributed by atoms with E-state index in [1.165, 1.54) is 11.3 Å². The van der Waals surface area contributed by atoms with Crippen molar-refractivity contribution in [2.24, 2.45) is 5.73 Å². The van der Waals surface area contributed by atoms with E-state index in [1.807, 2.05) is 14.1 Å². The molecule has 0 aliphatic rings. The maximum Gasteiger partial charge on any atom is 0.0361 e. The lowest BCUT2D eigenvalue weighted by Gasteiger charge is -2.11. The highest BCUT2D eigenvalue weighted by molar-refractivity contribution is 5.55. The zero-order valence-corrected chi connectivity index (χ0v) is 10.5. The van der Waals surface area contributed by atoms with Crippen molar-refractivity contribution in [3.63, 3.8) is 0 Å². The first-order chi connectivity index (χ1) is 7.63. The van der Waals surface area contributed by atoms with Crippen LogP contribution >= 0.6 is 0 Å². The molecule has 1 unspecified atom stereocenters. The lowest BCUT2D eigenvalue weighted by Crippen LogP contribution is -2.16. The van der Waals surface area contributed by atoms with E-state index >= 15 is 0 Å². The quantitative estimate of drug-likeness (QED) is 0.823. The van der Waals surface area contributed by atoms with Crippen molar-refractivity contribution >= 4 is 11.8 Å². The Balaban J connectivity index is 2.55. The molecule has 2 heteroatoms. The largest absolute Gasteiger partial charge is 0.378 e. The topological polar surface area (TPSA) is 29.3 Å². The van der Waals surface area contributed by atoms with E-state index in [0.29, 0.717) is 0 Å². The fourth-order valence-electron chi connectivity index (χ4n) is 1.43. The van der Waals surface area contributed by atoms with Crippen LogP contribution in [0.4, 0.5) is 5.69 Å². The molecule has 0 spiro atoms. The molecule has 0 amide bonds. The monoisotopic (exact) mass is 218 g/mol. The standard InChI is InChI=1S/C14H22N2/c1-4-13(15)7-5-6-12-8-10-14(11-9-12)16(2)3/h5-6,8-11,13H,4,7,15H2,1-3H3/b6-5+. The number of nitrogens with zero attached hydrogens (tertiary/aromatic N) is 1. The third-order valence-electron chi connectivity index (χ3n) is 2.68. The van der Waals surface area contributed by atoms with Gasteiger partial charge in [-0.15, -0.1) is 0 Å². The van der Waals surface area contributed by atoms with E-state index in [-0.39, 0.29) is 6.04 Å². The molecule has 1 aromatic carbocycles. The summed E-state index contributed by atoms with van der Waals surface area (Å²) in [5, 5.41) is 0. The summed E-state index contributed by atoms with van der Waals surface area (Å²) in [5.74, 6) is 0. The van der Waals surface area contributed by atoms with E-state index in [4.69, 9.17) is 5.73 Å². The second kappa shape index (κ2) is 6.33. The lowest BCUT2D eigenvalue weighted by atomic mass is 10.1. The Bertz CT molecular complexity index is 325. The van der Waals surface area contributed by atoms with Gasteiger partial charge in [-0.3, -0.25) is 0 Å². The van der Waals surface area contributed by atoms with Gasteiger partial charge in [0, 0.05) is 25.8 Å². The molecule has 16 heavy (non-hydrogen) atoms. The van der Waals surface area contributed by atoms with Crippen LogP contribution in [0.2, 0.25) is 0 Å². The Labute approximate surface area is 98.8 Å². The van der Waals surface area contributed by atoms with Crippen LogP contribution < -0.4 is 10.6 Å². The van der Waals surface area contributed by atoms with E-state index in [0.717, 1.165) is 12.8 Å². The van der Waals surface area contributed by atoms with Gasteiger partial charge in [-0.25, -0.2) is 0 Å². The van der Waals surface area contributed by atoms with Crippen LogP contribution in [0.25, 0.3) is 6.08 Å². The lowest BCUT2D eigenvalue weighted by molar-refractivity contribution is 0.660. The van der Waals surface area contributed by atoms with Crippen LogP contribution in [-0.4, -0.2) is 20.1 Å². The van der Waals surface area contributed by atoms with Gasteiger partial charge in [0.05, 0.1) is 0 Å². The fourth-order valence-corrected chi connectivity index (χ4v) is 1.43. The smallest absolute Gasteiger partial charge is 0.0361 e. The first-order valence-electron chi connectivity index (χ1n) is 5.83. The Morgan fingerprint density at radius 1 is 1.25 bits per heavy atom. The number of anilines is 1. The molecule has 0 radical (unpaired) electrons. The molecule has 0 heterocycles. The molecule has 0 aliphatic heterocycles. The summed E-state index contributed by atoms with van der Waals surface area (Å²) in [6.07, 6.45) is 6.27. The summed E-state index contributed by atoms with van der Waals surface area (Å²) >= 11 is 0. The van der Waals surface area contributed by atoms with Gasteiger partial charge in [0.25, 0.3) is 0 Å². The summed E-state index contributed by atoms with van der Waals surface area (Å²) in [6, 6.07) is 8.79. The first kappa shape index (κ1) is 12.8. The van der Waals surface area contributed by atoms with Crippen molar-refractivity contribution < 1.29 is 0 Å². The van der Waals surface area contributed by atoms with Crippen molar-refractivity contribution in [3.05, 3.63) is 35.9 Å². The van der Waals surface area contributed by atoms with Crippen LogP contribution in [0.15, 0.2) is 30.3 Å². The van der Waals surface area contributed by atoms with E-state index in [9.17, 15) is 0 Å². The highest BCUT2D eigenvalue weighted by Crippen LogP contribution is 2.13. The van der Waals surface area contributed by atoms with Crippen molar-refractivity contribution in [1.82, 2.24) is 0 Å². The third-order valence-corrected chi connectivity index (χ3v) is 2.68. The van der Waals surface area contributed by atoms with Gasteiger partial charge in [-0.1, -0.05) is 31.2 Å². The van der Waals surface area contributed by atoms with E-state index in [1.54, 1.807) is 0 Å². The van der Waals surface area contributed by atoms with Gasteiger partial charge in [0.1, 0.15) is 0 Å². The summed E-state index contributed by atoms with van der Waals surface area (Å²) in [7, 11) is 4.09. The highest BCUT2D eigenvalue weighted by Gasteiger charge is 1.95. The minimum atomic E-state index is 0.289. The van der Waals surface area contributed by atoms with Gasteiger partial charge in [0.15, 0.2) is 0 Å². The van der Waals surface area contributed by atoms with Gasteiger partial charge >= 0.3 is 0 Å². The van der Waals surface area contributed by atoms with Gasteiger partial charge < -0.3 is 10.6 Å². The SMILES string of the molecule is CCC(N)C/C=C/c1ccc(N(C)C)cc1. The van der Waals surface area contributed by atoms with Crippen molar-refractivity contribution in [3.8, 4) is 0 Å². The molecule has 0 saturated heterocycles. The molecule has 2 nitrogen and oxygen atoms in total. The second-order valence-corrected chi connectivity index (χ2v) is 4.29. The average molecular weight is 218 g/mol. The molecule has 2 N–H and O–H groups in total. The summed E-state index contributed by atoms with van der Waals surface area (Å²) in [5.41, 5.74) is 8.30. The summed E-state index contributed by atoms with van der Waals surface area (Å²) in [4.78, 5) is 2.10. The molecule has 0 aromatic heterocycles. The Kier molecular flexibility index (Phi) is 5.06. The number of benzene rings is 1. The zero-order chi connectivity index (χ0) is 12.0. The average Bonchev–Trinajstić information content (AvgIpc) is 2.29. The maximum absolute atomic E-state index is 5.84. The molecule has 1 rings (SSSR count). The summed E-state index contributed by atoms with van der Waals surface area (Å²) < 4.78 is 0. The number of nitrogens with two attached hydrogens (primary N) is 1. The molecule has 0 fully saturated rings. The molecular weight excluding hydrogens is 196 g/mol. The molecule has 88 valence electrons. The maximum atomic E-state index is 5.84. The van der Waals surface area contributed by atoms with Crippen molar-refractivity contribution in [2.45, 2.75) is 25.8 Å². The fraction of sp³-hybridized carbons (Fsp3) is 0.429. The normalized spacial score (nSPS) is 13.0. The predicted octanol–water partition coefficient (Wildman–Crippen LogP) is 2.89. The Morgan fingerprint density at radius 3 is 2.38 bits per heavy atom. The highest BCUT2D eigenvalue weighted by atomic mass is 15.1. The van der Waals surface area contributed by atoms with Crippen LogP contribution in [0.3, 0.4) is 0 Å². The molecular formula is C14H22N2. The van der Waals surface area contributed by atoms with Crippen LogP contribution in [0, 0.1) is 0 Å². The number of hydrogen-bond donors (Lipinski definition) is 1. The molecule has 0 bridgehead atoms. The molecule has 1 atom stereocenters. The Morgan fingerprint density at radius 2 is 1.88 bits per heavy atom. The minimum Gasteiger partial charge on any atom is -0.378 e. The van der Waals surface area contributed by atoms with Crippen LogP contribution in [-0.2, 0) is 0 Å². The number of hydrogen-bond acceptors (Lipinski definition) is 2. The van der Waals surface area contributed by atoms with Crippen molar-refractivity contribution in [1.29, 1.82) is 0 Å². The Hall–Kier alpha value is -1.28. The van der Waals surface area contributed by atoms with E-state index in [2.05, 4.69) is 48.2 Å². The second-order valence-electron chi connectivity index (χ2n) is 4.29. The van der Waals surface area contributed by atoms with Gasteiger partial charge in [0.2, 0.25) is 0 Å². The zero-order valence-electron chi connectivity index (χ0n) is 10.5. The van der Waals surface area contributed by atoms with E-state index < -0.39 is 0 Å². The van der Waals surface area contributed by atoms with Crippen LogP contribution in [0.1, 0.15) is 25.3 Å². The third kappa shape index (κ3) is 4.07. The van der Waals surface area contributed by atoms with Crippen LogP contribution in [0.5, 0.6) is 0 Å². The molecule has 0 aliphatic carbocycles. The first-order valence-corrected chi connectivity index (χ1v) is 5.83. The van der Waals surface area contributed by atoms with Gasteiger partial charge in [-0.2, -0.15) is 0 Å². The summed E-state index contributed by atoms with van der Waals surface area (Å²) in [6.45, 7) is 2.12. The van der Waals surface area contributed by atoms with Crippen molar-refractivity contribution in [2.75, 3.05) is 19.0 Å². The van der Waals surface area contributed by atoms with Gasteiger partial charge in [-0.05, 0) is 30.5 Å². The number of rotatable bonds is 5. The molecule has 0 saturated carbocycles. The predicted molar refractivity (Wildman–Crippen MR) is 72.7 cm³/mol. The minimum absolute atomic E-state index is 0.289. The molecule has 1 aromatic rings.